The Morgan fingerprint density at radius 1 is 1.56 bits per heavy atom. The largest absolute Gasteiger partial charge is 0.491 e. The molecule has 88 valence electrons. The molecule has 1 rings (SSSR count). The van der Waals surface area contributed by atoms with Crippen molar-refractivity contribution in [2.75, 3.05) is 20.0 Å². The summed E-state index contributed by atoms with van der Waals surface area (Å²) in [4.78, 5) is 15.5. The van der Waals surface area contributed by atoms with Crippen LogP contribution in [0.1, 0.15) is 23.7 Å². The lowest BCUT2D eigenvalue weighted by Gasteiger charge is -2.09. The molecule has 0 aliphatic carbocycles. The van der Waals surface area contributed by atoms with Gasteiger partial charge >= 0.3 is 5.97 Å². The number of thioether (sulfide) groups is 1. The first-order valence-electron chi connectivity index (χ1n) is 4.98. The first-order chi connectivity index (χ1) is 7.72. The fourth-order valence-corrected chi connectivity index (χ4v) is 1.61. The molecule has 0 N–H and O–H groups in total. The molecule has 0 bridgehead atoms. The molecular weight excluding hydrogens is 226 g/mol. The monoisotopic (exact) mass is 241 g/mol. The molecule has 0 saturated carbocycles. The summed E-state index contributed by atoms with van der Waals surface area (Å²) in [6, 6.07) is 1.67. The van der Waals surface area contributed by atoms with E-state index in [2.05, 4.69) is 9.72 Å². The van der Waals surface area contributed by atoms with Gasteiger partial charge in [-0.25, -0.2) is 9.78 Å². The van der Waals surface area contributed by atoms with Crippen LogP contribution < -0.4 is 4.74 Å². The van der Waals surface area contributed by atoms with Crippen LogP contribution in [0, 0.1) is 0 Å². The molecule has 0 aromatic carbocycles. The highest BCUT2D eigenvalue weighted by atomic mass is 32.2. The molecule has 5 heteroatoms. The smallest absolute Gasteiger partial charge is 0.339 e. The maximum absolute atomic E-state index is 11.3. The van der Waals surface area contributed by atoms with Gasteiger partial charge in [-0.1, -0.05) is 6.92 Å². The summed E-state index contributed by atoms with van der Waals surface area (Å²) in [7, 11) is 1.34. The van der Waals surface area contributed by atoms with Crippen LogP contribution in [0.3, 0.4) is 0 Å². The van der Waals surface area contributed by atoms with Crippen molar-refractivity contribution in [3.05, 3.63) is 17.8 Å². The summed E-state index contributed by atoms with van der Waals surface area (Å²) >= 11 is 1.49. The maximum Gasteiger partial charge on any atom is 0.339 e. The van der Waals surface area contributed by atoms with Crippen molar-refractivity contribution in [3.63, 3.8) is 0 Å². The van der Waals surface area contributed by atoms with Crippen molar-refractivity contribution in [1.29, 1.82) is 0 Å². The van der Waals surface area contributed by atoms with Gasteiger partial charge in [-0.2, -0.15) is 0 Å². The van der Waals surface area contributed by atoms with Gasteiger partial charge < -0.3 is 9.47 Å². The van der Waals surface area contributed by atoms with Gasteiger partial charge in [-0.05, 0) is 18.7 Å². The number of pyridine rings is 1. The van der Waals surface area contributed by atoms with Gasteiger partial charge in [0.15, 0.2) is 5.75 Å². The third-order valence-corrected chi connectivity index (χ3v) is 2.59. The minimum atomic E-state index is -0.401. The number of carbonyl (C=O) groups excluding carboxylic acids is 1. The zero-order chi connectivity index (χ0) is 12.0. The van der Waals surface area contributed by atoms with Crippen molar-refractivity contribution in [2.24, 2.45) is 0 Å². The fraction of sp³-hybridized carbons (Fsp3) is 0.455. The summed E-state index contributed by atoms with van der Waals surface area (Å²) in [6.07, 6.45) is 4.33. The third kappa shape index (κ3) is 3.13. The lowest BCUT2D eigenvalue weighted by Crippen LogP contribution is -2.04. The maximum atomic E-state index is 11.3. The predicted molar refractivity (Wildman–Crippen MR) is 63.1 cm³/mol. The van der Waals surface area contributed by atoms with Gasteiger partial charge in [0, 0.05) is 6.20 Å². The van der Waals surface area contributed by atoms with Gasteiger partial charge in [-0.15, -0.1) is 11.8 Å². The van der Waals surface area contributed by atoms with Gasteiger partial charge in [-0.3, -0.25) is 0 Å². The summed E-state index contributed by atoms with van der Waals surface area (Å²) in [5.41, 5.74) is 0.409. The molecular formula is C11H15NO3S. The SMILES string of the molecule is CCCOc1cc(C(=O)OC)cnc1SC. The van der Waals surface area contributed by atoms with Gasteiger partial charge in [0.25, 0.3) is 0 Å². The minimum absolute atomic E-state index is 0.401. The number of ether oxygens (including phenoxy) is 2. The molecule has 0 radical (unpaired) electrons. The predicted octanol–water partition coefficient (Wildman–Crippen LogP) is 2.38. The van der Waals surface area contributed by atoms with E-state index in [4.69, 9.17) is 4.74 Å². The molecule has 0 spiro atoms. The Balaban J connectivity index is 2.96. The normalized spacial score (nSPS) is 9.94. The van der Waals surface area contributed by atoms with E-state index in [1.165, 1.54) is 25.1 Å². The molecule has 16 heavy (non-hydrogen) atoms. The van der Waals surface area contributed by atoms with Crippen LogP contribution in [0.5, 0.6) is 5.75 Å². The Morgan fingerprint density at radius 2 is 2.31 bits per heavy atom. The number of aromatic nitrogens is 1. The molecule has 1 heterocycles. The van der Waals surface area contributed by atoms with E-state index in [9.17, 15) is 4.79 Å². The first-order valence-corrected chi connectivity index (χ1v) is 6.20. The Hall–Kier alpha value is -1.23. The summed E-state index contributed by atoms with van der Waals surface area (Å²) in [5.74, 6) is 0.235. The fourth-order valence-electron chi connectivity index (χ4n) is 1.13. The molecule has 0 aliphatic heterocycles. The van der Waals surface area contributed by atoms with Crippen molar-refractivity contribution in [3.8, 4) is 5.75 Å². The quantitative estimate of drug-likeness (QED) is 0.585. The van der Waals surface area contributed by atoms with Crippen LogP contribution in [0.15, 0.2) is 17.3 Å². The van der Waals surface area contributed by atoms with Crippen LogP contribution in [0.2, 0.25) is 0 Å². The standard InChI is InChI=1S/C11H15NO3S/c1-4-5-15-9-6-8(11(13)14-2)7-12-10(9)16-3/h6-7H,4-5H2,1-3H3. The summed E-state index contributed by atoms with van der Waals surface area (Å²) in [5, 5.41) is 0.779. The number of hydrogen-bond donors (Lipinski definition) is 0. The van der Waals surface area contributed by atoms with E-state index in [-0.39, 0.29) is 0 Å². The molecule has 0 amide bonds. The number of methoxy groups -OCH3 is 1. The van der Waals surface area contributed by atoms with Crippen molar-refractivity contribution < 1.29 is 14.3 Å². The zero-order valence-corrected chi connectivity index (χ0v) is 10.5. The Morgan fingerprint density at radius 3 is 2.88 bits per heavy atom. The number of rotatable bonds is 5. The topological polar surface area (TPSA) is 48.4 Å². The number of esters is 1. The van der Waals surface area contributed by atoms with Gasteiger partial charge in [0.1, 0.15) is 5.03 Å². The highest BCUT2D eigenvalue weighted by Gasteiger charge is 2.11. The van der Waals surface area contributed by atoms with E-state index in [0.717, 1.165) is 11.4 Å². The molecule has 0 unspecified atom stereocenters. The molecule has 0 atom stereocenters. The molecule has 1 aromatic heterocycles. The lowest BCUT2D eigenvalue weighted by atomic mass is 10.3. The van der Waals surface area contributed by atoms with Crippen molar-refractivity contribution >= 4 is 17.7 Å². The van der Waals surface area contributed by atoms with Crippen molar-refractivity contribution in [1.82, 2.24) is 4.98 Å². The highest BCUT2D eigenvalue weighted by molar-refractivity contribution is 7.98. The first kappa shape index (κ1) is 12.8. The highest BCUT2D eigenvalue weighted by Crippen LogP contribution is 2.26. The minimum Gasteiger partial charge on any atom is -0.491 e. The number of carbonyl (C=O) groups is 1. The van der Waals surface area contributed by atoms with Gasteiger partial charge in [0.2, 0.25) is 0 Å². The Bertz CT molecular complexity index is 368. The van der Waals surface area contributed by atoms with Crippen LogP contribution in [0.4, 0.5) is 0 Å². The third-order valence-electron chi connectivity index (χ3n) is 1.89. The second-order valence-corrected chi connectivity index (χ2v) is 3.87. The Kier molecular flexibility index (Phi) is 5.11. The lowest BCUT2D eigenvalue weighted by molar-refractivity contribution is 0.0599. The Labute approximate surface area is 99.4 Å². The second kappa shape index (κ2) is 6.37. The van der Waals surface area contributed by atoms with Crippen LogP contribution in [0.25, 0.3) is 0 Å². The molecule has 0 fully saturated rings. The number of hydrogen-bond acceptors (Lipinski definition) is 5. The van der Waals surface area contributed by atoms with Crippen LogP contribution in [-0.2, 0) is 4.74 Å². The van der Waals surface area contributed by atoms with E-state index in [0.29, 0.717) is 17.9 Å². The zero-order valence-electron chi connectivity index (χ0n) is 9.65. The van der Waals surface area contributed by atoms with E-state index >= 15 is 0 Å². The van der Waals surface area contributed by atoms with Crippen molar-refractivity contribution in [2.45, 2.75) is 18.4 Å². The van der Waals surface area contributed by atoms with Crippen LogP contribution in [-0.4, -0.2) is 30.9 Å². The van der Waals surface area contributed by atoms with Gasteiger partial charge in [0.05, 0.1) is 19.3 Å². The molecule has 1 aromatic rings. The van der Waals surface area contributed by atoms with Crippen LogP contribution >= 0.6 is 11.8 Å². The molecule has 0 saturated heterocycles. The van der Waals surface area contributed by atoms with E-state index < -0.39 is 5.97 Å². The summed E-state index contributed by atoms with van der Waals surface area (Å²) < 4.78 is 10.1. The average Bonchev–Trinajstić information content (AvgIpc) is 2.34. The van der Waals surface area contributed by atoms with E-state index in [1.54, 1.807) is 6.07 Å². The van der Waals surface area contributed by atoms with E-state index in [1.807, 2.05) is 13.2 Å². The average molecular weight is 241 g/mol. The number of nitrogens with zero attached hydrogens (tertiary/aromatic N) is 1. The molecule has 0 aliphatic rings. The summed E-state index contributed by atoms with van der Waals surface area (Å²) in [6.45, 7) is 2.64. The second-order valence-electron chi connectivity index (χ2n) is 3.07. The molecule has 4 nitrogen and oxygen atoms in total.